The first-order valence-electron chi connectivity index (χ1n) is 5.82. The molecule has 2 rings (SSSR count). The van der Waals surface area contributed by atoms with Crippen LogP contribution in [0.1, 0.15) is 11.1 Å². The predicted molar refractivity (Wildman–Crippen MR) is 77.9 cm³/mol. The molecule has 0 fully saturated rings. The van der Waals surface area contributed by atoms with Gasteiger partial charge in [0.25, 0.3) is 0 Å². The maximum Gasteiger partial charge on any atom is 0.417 e. The van der Waals surface area contributed by atoms with E-state index >= 15 is 0 Å². The molecular weight excluding hydrogens is 374 g/mol. The molecule has 0 heterocycles. The molecule has 7 heteroatoms. The van der Waals surface area contributed by atoms with Crippen molar-refractivity contribution in [3.63, 3.8) is 0 Å². The van der Waals surface area contributed by atoms with Crippen molar-refractivity contribution in [3.05, 3.63) is 62.8 Å². The van der Waals surface area contributed by atoms with E-state index in [4.69, 9.17) is 11.6 Å². The van der Waals surface area contributed by atoms with E-state index in [0.717, 1.165) is 6.07 Å². The average Bonchev–Trinajstić information content (AvgIpc) is 2.38. The van der Waals surface area contributed by atoms with Crippen LogP contribution in [-0.2, 0) is 12.7 Å². The Bertz CT molecular complexity index is 638. The van der Waals surface area contributed by atoms with E-state index in [0.29, 0.717) is 0 Å². The van der Waals surface area contributed by atoms with Crippen LogP contribution in [0.25, 0.3) is 0 Å². The number of hydrogen-bond donors (Lipinski definition) is 1. The Morgan fingerprint density at radius 2 is 1.86 bits per heavy atom. The highest BCUT2D eigenvalue weighted by molar-refractivity contribution is 9.10. The summed E-state index contributed by atoms with van der Waals surface area (Å²) in [5.74, 6) is -0.511. The summed E-state index contributed by atoms with van der Waals surface area (Å²) in [5, 5.41) is 2.96. The fourth-order valence-electron chi connectivity index (χ4n) is 1.74. The topological polar surface area (TPSA) is 12.0 Å². The minimum Gasteiger partial charge on any atom is -0.381 e. The number of hydrogen-bond acceptors (Lipinski definition) is 1. The number of halogens is 6. The van der Waals surface area contributed by atoms with Gasteiger partial charge < -0.3 is 5.32 Å². The van der Waals surface area contributed by atoms with E-state index in [-0.39, 0.29) is 27.3 Å². The summed E-state index contributed by atoms with van der Waals surface area (Å²) in [7, 11) is 0. The Labute approximate surface area is 132 Å². The number of anilines is 1. The van der Waals surface area contributed by atoms with Crippen LogP contribution in [-0.4, -0.2) is 0 Å². The van der Waals surface area contributed by atoms with Gasteiger partial charge in [-0.2, -0.15) is 13.2 Å². The van der Waals surface area contributed by atoms with Crippen LogP contribution in [0.15, 0.2) is 40.9 Å². The summed E-state index contributed by atoms with van der Waals surface area (Å²) in [6.07, 6.45) is -4.47. The van der Waals surface area contributed by atoms with Crippen molar-refractivity contribution >= 4 is 33.2 Å². The third-order valence-corrected chi connectivity index (χ3v) is 3.85. The van der Waals surface area contributed by atoms with Crippen LogP contribution in [0.5, 0.6) is 0 Å². The fraction of sp³-hybridized carbons (Fsp3) is 0.143. The van der Waals surface area contributed by atoms with Gasteiger partial charge in [-0.05, 0) is 30.3 Å². The standard InChI is InChI=1S/C14H9BrClF4N/c15-11-5-4-8(6-10(11)14(18,19)20)21-7-9-12(16)2-1-3-13(9)17/h1-6,21H,7H2. The van der Waals surface area contributed by atoms with Gasteiger partial charge in [0, 0.05) is 27.3 Å². The summed E-state index contributed by atoms with van der Waals surface area (Å²) >= 11 is 8.71. The molecule has 0 radical (unpaired) electrons. The van der Waals surface area contributed by atoms with E-state index in [1.165, 1.54) is 30.3 Å². The number of rotatable bonds is 3. The quantitative estimate of drug-likeness (QED) is 0.654. The summed E-state index contributed by atoms with van der Waals surface area (Å²) in [5.41, 5.74) is -0.368. The zero-order valence-corrected chi connectivity index (χ0v) is 12.8. The molecule has 0 atom stereocenters. The predicted octanol–water partition coefficient (Wildman–Crippen LogP) is 5.87. The van der Waals surface area contributed by atoms with Crippen molar-refractivity contribution in [1.29, 1.82) is 0 Å². The molecule has 0 saturated carbocycles. The van der Waals surface area contributed by atoms with Crippen molar-refractivity contribution < 1.29 is 17.6 Å². The molecule has 1 nitrogen and oxygen atoms in total. The highest BCUT2D eigenvalue weighted by Gasteiger charge is 2.33. The molecule has 0 bridgehead atoms. The third-order valence-electron chi connectivity index (χ3n) is 2.80. The average molecular weight is 383 g/mol. The summed E-state index contributed by atoms with van der Waals surface area (Å²) in [4.78, 5) is 0. The maximum atomic E-state index is 13.6. The lowest BCUT2D eigenvalue weighted by molar-refractivity contribution is -0.138. The molecule has 0 aromatic heterocycles. The Balaban J connectivity index is 2.22. The largest absolute Gasteiger partial charge is 0.417 e. The fourth-order valence-corrected chi connectivity index (χ4v) is 2.45. The lowest BCUT2D eigenvalue weighted by atomic mass is 10.1. The lowest BCUT2D eigenvalue weighted by Crippen LogP contribution is -2.08. The van der Waals surface area contributed by atoms with Crippen molar-refractivity contribution in [2.75, 3.05) is 5.32 Å². The molecule has 0 aliphatic rings. The second-order valence-corrected chi connectivity index (χ2v) is 5.51. The van der Waals surface area contributed by atoms with Gasteiger partial charge in [0.05, 0.1) is 5.56 Å². The van der Waals surface area contributed by atoms with Crippen LogP contribution >= 0.6 is 27.5 Å². The van der Waals surface area contributed by atoms with Crippen molar-refractivity contribution in [3.8, 4) is 0 Å². The van der Waals surface area contributed by atoms with Crippen molar-refractivity contribution in [1.82, 2.24) is 0 Å². The second kappa shape index (κ2) is 6.23. The molecule has 0 amide bonds. The molecule has 0 aliphatic carbocycles. The Morgan fingerprint density at radius 3 is 2.48 bits per heavy atom. The van der Waals surface area contributed by atoms with E-state index in [1.807, 2.05) is 0 Å². The maximum absolute atomic E-state index is 13.6. The number of alkyl halides is 3. The molecule has 0 aliphatic heterocycles. The molecule has 2 aromatic rings. The first kappa shape index (κ1) is 16.1. The van der Waals surface area contributed by atoms with Crippen molar-refractivity contribution in [2.45, 2.75) is 12.7 Å². The van der Waals surface area contributed by atoms with Gasteiger partial charge in [-0.3, -0.25) is 0 Å². The van der Waals surface area contributed by atoms with Crippen LogP contribution in [0.3, 0.4) is 0 Å². The molecule has 21 heavy (non-hydrogen) atoms. The summed E-state index contributed by atoms with van der Waals surface area (Å²) in [6.45, 7) is -0.00949. The Kier molecular flexibility index (Phi) is 4.78. The van der Waals surface area contributed by atoms with Gasteiger partial charge in [-0.15, -0.1) is 0 Å². The van der Waals surface area contributed by atoms with Gasteiger partial charge >= 0.3 is 6.18 Å². The summed E-state index contributed by atoms with van der Waals surface area (Å²) < 4.78 is 51.9. The van der Waals surface area contributed by atoms with Crippen LogP contribution in [0, 0.1) is 5.82 Å². The highest BCUT2D eigenvalue weighted by Crippen LogP contribution is 2.36. The molecule has 1 N–H and O–H groups in total. The van der Waals surface area contributed by atoms with Gasteiger partial charge in [-0.1, -0.05) is 33.6 Å². The normalized spacial score (nSPS) is 11.5. The molecule has 0 unspecified atom stereocenters. The first-order valence-corrected chi connectivity index (χ1v) is 6.99. The second-order valence-electron chi connectivity index (χ2n) is 4.25. The molecule has 0 saturated heterocycles. The van der Waals surface area contributed by atoms with E-state index in [1.54, 1.807) is 0 Å². The smallest absolute Gasteiger partial charge is 0.381 e. The van der Waals surface area contributed by atoms with Gasteiger partial charge in [0.2, 0.25) is 0 Å². The van der Waals surface area contributed by atoms with E-state index in [9.17, 15) is 17.6 Å². The molecule has 2 aromatic carbocycles. The zero-order valence-electron chi connectivity index (χ0n) is 10.4. The van der Waals surface area contributed by atoms with Crippen LogP contribution < -0.4 is 5.32 Å². The van der Waals surface area contributed by atoms with Gasteiger partial charge in [-0.25, -0.2) is 4.39 Å². The highest BCUT2D eigenvalue weighted by atomic mass is 79.9. The summed E-state index contributed by atoms with van der Waals surface area (Å²) in [6, 6.07) is 7.93. The zero-order chi connectivity index (χ0) is 15.6. The van der Waals surface area contributed by atoms with Crippen LogP contribution in [0.4, 0.5) is 23.2 Å². The van der Waals surface area contributed by atoms with E-state index in [2.05, 4.69) is 21.2 Å². The minimum absolute atomic E-state index is 0.00949. The molecular formula is C14H9BrClF4N. The van der Waals surface area contributed by atoms with Crippen LogP contribution in [0.2, 0.25) is 5.02 Å². The van der Waals surface area contributed by atoms with Gasteiger partial charge in [0.15, 0.2) is 0 Å². The SMILES string of the molecule is Fc1cccc(Cl)c1CNc1ccc(Br)c(C(F)(F)F)c1. The Hall–Kier alpha value is -1.27. The monoisotopic (exact) mass is 381 g/mol. The molecule has 0 spiro atoms. The Morgan fingerprint density at radius 1 is 1.14 bits per heavy atom. The van der Waals surface area contributed by atoms with E-state index < -0.39 is 17.6 Å². The molecule has 112 valence electrons. The first-order chi connectivity index (χ1) is 9.79. The number of benzene rings is 2. The third kappa shape index (κ3) is 3.89. The van der Waals surface area contributed by atoms with Gasteiger partial charge in [0.1, 0.15) is 5.82 Å². The van der Waals surface area contributed by atoms with Crippen molar-refractivity contribution in [2.24, 2.45) is 0 Å². The number of nitrogens with one attached hydrogen (secondary N) is 1. The lowest BCUT2D eigenvalue weighted by Gasteiger charge is -2.13. The minimum atomic E-state index is -4.47.